The maximum absolute atomic E-state index is 10.2. The van der Waals surface area contributed by atoms with Crippen LogP contribution in [0.3, 0.4) is 0 Å². The molecule has 0 aromatic carbocycles. The van der Waals surface area contributed by atoms with Crippen molar-refractivity contribution in [1.82, 2.24) is 0 Å². The minimum atomic E-state index is -4.61. The molecule has 10 heteroatoms. The van der Waals surface area contributed by atoms with Gasteiger partial charge in [-0.3, -0.25) is 0 Å². The van der Waals surface area contributed by atoms with Gasteiger partial charge in [-0.25, -0.2) is 0 Å². The Kier molecular flexibility index (Phi) is 51.2. The summed E-state index contributed by atoms with van der Waals surface area (Å²) in [6.45, 7) is 4.53. The summed E-state index contributed by atoms with van der Waals surface area (Å²) in [6.07, 6.45) is 39.7. The average Bonchev–Trinajstić information content (AvgIpc) is 2.96. The number of rotatable bonds is 32. The van der Waals surface area contributed by atoms with Gasteiger partial charge in [0.2, 0.25) is 0 Å². The zero-order chi connectivity index (χ0) is 34.3. The Balaban J connectivity index is -0.000000327. The Bertz CT molecular complexity index is 541. The van der Waals surface area contributed by atoms with E-state index in [0.29, 0.717) is 0 Å². The smallest absolute Gasteiger partial charge is 0.550 e. The molecule has 46 heavy (non-hydrogen) atoms. The molecule has 0 aliphatic heterocycles. The van der Waals surface area contributed by atoms with Crippen molar-refractivity contribution in [3.8, 4) is 0 Å². The summed E-state index contributed by atoms with van der Waals surface area (Å²) in [6, 6.07) is 0. The van der Waals surface area contributed by atoms with Crippen LogP contribution in [0.25, 0.3) is 0 Å². The third-order valence-corrected chi connectivity index (χ3v) is 7.97. The van der Waals surface area contributed by atoms with Gasteiger partial charge in [0.15, 0.2) is 0 Å². The maximum atomic E-state index is 10.2. The van der Waals surface area contributed by atoms with Gasteiger partial charge < -0.3 is 39.0 Å². The number of hydrogen-bond acceptors (Lipinski definition) is 8. The van der Waals surface area contributed by atoms with Crippen molar-refractivity contribution in [2.75, 3.05) is 0 Å². The predicted molar refractivity (Wildman–Crippen MR) is 189 cm³/mol. The van der Waals surface area contributed by atoms with E-state index in [9.17, 15) is 19.8 Å². The zero-order valence-corrected chi connectivity index (χ0v) is 32.7. The van der Waals surface area contributed by atoms with E-state index in [0.717, 1.165) is 25.7 Å². The minimum Gasteiger partial charge on any atom is -0.550 e. The summed E-state index contributed by atoms with van der Waals surface area (Å²) in [7, 11) is -4.61. The van der Waals surface area contributed by atoms with Gasteiger partial charge in [0.05, 0.1) is 0 Å². The summed E-state index contributed by atoms with van der Waals surface area (Å²) in [5.41, 5.74) is 0. The Morgan fingerprint density at radius 2 is 0.500 bits per heavy atom. The summed E-state index contributed by atoms with van der Waals surface area (Å²) in [4.78, 5) is 49.7. The molecule has 0 saturated carbocycles. The fraction of sp³-hybridized carbons (Fsp3) is 0.944. The molecule has 0 bridgehead atoms. The molecule has 0 unspecified atom stereocenters. The van der Waals surface area contributed by atoms with Crippen molar-refractivity contribution in [2.45, 2.75) is 219 Å². The molecule has 0 spiro atoms. The van der Waals surface area contributed by atoms with Gasteiger partial charge >= 0.3 is 32.1 Å². The third-order valence-electron chi connectivity index (χ3n) is 7.97. The van der Waals surface area contributed by atoms with Crippen LogP contribution < -0.4 is 10.2 Å². The van der Waals surface area contributed by atoms with E-state index in [4.69, 9.17) is 19.2 Å². The molecule has 0 aromatic heterocycles. The number of carboxylic acid groups (broad SMARTS) is 2. The second-order valence-electron chi connectivity index (χ2n) is 12.7. The van der Waals surface area contributed by atoms with Gasteiger partial charge in [-0.2, -0.15) is 0 Å². The van der Waals surface area contributed by atoms with Crippen molar-refractivity contribution in [3.05, 3.63) is 0 Å². The van der Waals surface area contributed by atoms with Crippen LogP contribution in [0.1, 0.15) is 219 Å². The molecular formula is C36H74MgO8Si. The molecule has 0 aromatic rings. The largest absolute Gasteiger partial charge is 2.00 e. The molecule has 0 aliphatic rings. The third kappa shape index (κ3) is 70.2. The van der Waals surface area contributed by atoms with Gasteiger partial charge in [0.1, 0.15) is 0 Å². The second-order valence-corrected chi connectivity index (χ2v) is 13.9. The average molecular weight is 687 g/mol. The molecule has 4 N–H and O–H groups in total. The molecule has 272 valence electrons. The number of aliphatic carboxylic acids is 2. The van der Waals surface area contributed by atoms with Gasteiger partial charge in [-0.05, 0) is 25.7 Å². The van der Waals surface area contributed by atoms with Gasteiger partial charge in [0, 0.05) is 11.9 Å². The Labute approximate surface area is 301 Å². The Morgan fingerprint density at radius 1 is 0.370 bits per heavy atom. The number of carbonyl (C=O) groups excluding carboxylic acids is 2. The van der Waals surface area contributed by atoms with Crippen LogP contribution in [0.15, 0.2) is 0 Å². The van der Waals surface area contributed by atoms with Crippen molar-refractivity contribution < 1.29 is 39.0 Å². The van der Waals surface area contributed by atoms with Gasteiger partial charge in [-0.1, -0.05) is 194 Å². The van der Waals surface area contributed by atoms with Crippen LogP contribution in [0.2, 0.25) is 0 Å². The normalized spacial score (nSPS) is 10.7. The maximum Gasteiger partial charge on any atom is 2.00 e. The SMILES string of the molecule is CCCCCCCCCCCCCCCCCC(=O)[O-].CCCCCCCCCCCCCCCCCC(=O)[O-].O[Si](O)(O)O.[Mg+2]. The van der Waals surface area contributed by atoms with Crippen LogP contribution in [0.4, 0.5) is 0 Å². The molecule has 8 nitrogen and oxygen atoms in total. The first-order valence-corrected chi connectivity index (χ1v) is 20.6. The molecule has 0 heterocycles. The van der Waals surface area contributed by atoms with Crippen molar-refractivity contribution in [1.29, 1.82) is 0 Å². The molecule has 0 fully saturated rings. The summed E-state index contributed by atoms with van der Waals surface area (Å²) in [5, 5.41) is 20.4. The van der Waals surface area contributed by atoms with Crippen molar-refractivity contribution >= 4 is 44.0 Å². The summed E-state index contributed by atoms with van der Waals surface area (Å²) < 4.78 is 0. The van der Waals surface area contributed by atoms with Crippen LogP contribution in [0.5, 0.6) is 0 Å². The first kappa shape index (κ1) is 52.6. The van der Waals surface area contributed by atoms with Crippen LogP contribution in [-0.4, -0.2) is 63.2 Å². The van der Waals surface area contributed by atoms with E-state index in [1.54, 1.807) is 0 Å². The molecule has 0 amide bonds. The molecular weight excluding hydrogens is 613 g/mol. The zero-order valence-electron chi connectivity index (χ0n) is 30.3. The molecule has 0 aliphatic carbocycles. The Morgan fingerprint density at radius 3 is 0.630 bits per heavy atom. The monoisotopic (exact) mass is 687 g/mol. The fourth-order valence-electron chi connectivity index (χ4n) is 5.28. The summed E-state index contributed by atoms with van der Waals surface area (Å²) >= 11 is 0. The number of carbonyl (C=O) groups is 2. The second kappa shape index (κ2) is 44.8. The minimum absolute atomic E-state index is 0. The van der Waals surface area contributed by atoms with E-state index in [-0.39, 0.29) is 35.9 Å². The first-order valence-electron chi connectivity index (χ1n) is 18.8. The van der Waals surface area contributed by atoms with Crippen LogP contribution >= 0.6 is 0 Å². The number of carboxylic acids is 2. The first-order chi connectivity index (χ1) is 21.5. The molecule has 0 radical (unpaired) electrons. The van der Waals surface area contributed by atoms with Crippen LogP contribution in [-0.2, 0) is 9.59 Å². The topological polar surface area (TPSA) is 161 Å². The summed E-state index contributed by atoms with van der Waals surface area (Å²) in [5.74, 6) is -1.81. The number of unbranched alkanes of at least 4 members (excludes halogenated alkanes) is 28. The van der Waals surface area contributed by atoms with Crippen LogP contribution in [0, 0.1) is 0 Å². The van der Waals surface area contributed by atoms with E-state index in [1.807, 2.05) is 0 Å². The standard InChI is InChI=1S/2C18H36O2.Mg.H4O4Si/c2*1-2-3-4-5-6-7-8-9-10-11-12-13-14-15-16-17-18(19)20;;1-5(2,3)4/h2*2-17H2,1H3,(H,19,20);;1-4H/q;;+2;/p-2. The molecule has 0 atom stereocenters. The number of hydrogen-bond donors (Lipinski definition) is 4. The van der Waals surface area contributed by atoms with Crippen molar-refractivity contribution in [3.63, 3.8) is 0 Å². The van der Waals surface area contributed by atoms with E-state index in [2.05, 4.69) is 13.8 Å². The van der Waals surface area contributed by atoms with E-state index < -0.39 is 21.0 Å². The molecule has 0 rings (SSSR count). The van der Waals surface area contributed by atoms with Gasteiger partial charge in [-0.15, -0.1) is 0 Å². The fourth-order valence-corrected chi connectivity index (χ4v) is 5.28. The van der Waals surface area contributed by atoms with Crippen molar-refractivity contribution in [2.24, 2.45) is 0 Å². The van der Waals surface area contributed by atoms with E-state index in [1.165, 1.54) is 167 Å². The van der Waals surface area contributed by atoms with E-state index >= 15 is 0 Å². The van der Waals surface area contributed by atoms with Gasteiger partial charge in [0.25, 0.3) is 0 Å². The quantitative estimate of drug-likeness (QED) is 0.0434. The molecule has 0 saturated heterocycles. The predicted octanol–water partition coefficient (Wildman–Crippen LogP) is 7.01. The Hall–Kier alpha value is -0.237.